The van der Waals surface area contributed by atoms with Gasteiger partial charge in [-0.3, -0.25) is 0 Å². The number of aliphatic hydroxyl groups excluding tert-OH is 1. The Labute approximate surface area is 98.0 Å². The largest absolute Gasteiger partial charge is 0.573 e. The number of alkyl halides is 3. The standard InChI is InChI=1S/C12H15F3O2/c1-2-4-10(16)7-9-5-3-6-11(8-9)17-12(13,14)15/h3,5-6,8,10,16H,2,4,7H2,1H3/t10-/m1/s1. The SMILES string of the molecule is CCC[C@@H](O)Cc1cccc(OC(F)(F)F)c1. The Kier molecular flexibility index (Phi) is 4.81. The van der Waals surface area contributed by atoms with E-state index in [1.807, 2.05) is 6.92 Å². The van der Waals surface area contributed by atoms with E-state index in [2.05, 4.69) is 4.74 Å². The van der Waals surface area contributed by atoms with Crippen LogP contribution in [0.4, 0.5) is 13.2 Å². The van der Waals surface area contributed by atoms with Crippen LogP contribution < -0.4 is 4.74 Å². The Morgan fingerprint density at radius 3 is 2.65 bits per heavy atom. The zero-order valence-corrected chi connectivity index (χ0v) is 9.50. The number of ether oxygens (including phenoxy) is 1. The summed E-state index contributed by atoms with van der Waals surface area (Å²) in [6.45, 7) is 1.94. The fourth-order valence-corrected chi connectivity index (χ4v) is 1.58. The molecular formula is C12H15F3O2. The summed E-state index contributed by atoms with van der Waals surface area (Å²) < 4.78 is 39.8. The summed E-state index contributed by atoms with van der Waals surface area (Å²) in [5, 5.41) is 9.56. The van der Waals surface area contributed by atoms with Crippen molar-refractivity contribution in [1.29, 1.82) is 0 Å². The van der Waals surface area contributed by atoms with Crippen molar-refractivity contribution in [2.75, 3.05) is 0 Å². The molecule has 0 aliphatic carbocycles. The fraction of sp³-hybridized carbons (Fsp3) is 0.500. The average molecular weight is 248 g/mol. The molecule has 0 aromatic heterocycles. The third-order valence-corrected chi connectivity index (χ3v) is 2.23. The van der Waals surface area contributed by atoms with Crippen LogP contribution in [0.3, 0.4) is 0 Å². The molecule has 1 aromatic rings. The molecule has 96 valence electrons. The number of hydrogen-bond acceptors (Lipinski definition) is 2. The molecule has 0 fully saturated rings. The predicted molar refractivity (Wildman–Crippen MR) is 57.7 cm³/mol. The maximum atomic E-state index is 12.0. The van der Waals surface area contributed by atoms with E-state index in [9.17, 15) is 18.3 Å². The van der Waals surface area contributed by atoms with Crippen molar-refractivity contribution in [3.63, 3.8) is 0 Å². The molecule has 0 radical (unpaired) electrons. The van der Waals surface area contributed by atoms with E-state index in [1.165, 1.54) is 18.2 Å². The van der Waals surface area contributed by atoms with Crippen LogP contribution in [0.15, 0.2) is 24.3 Å². The zero-order valence-electron chi connectivity index (χ0n) is 9.50. The second kappa shape index (κ2) is 5.91. The summed E-state index contributed by atoms with van der Waals surface area (Å²) in [6, 6.07) is 5.69. The third kappa shape index (κ3) is 5.58. The Morgan fingerprint density at radius 2 is 2.06 bits per heavy atom. The highest BCUT2D eigenvalue weighted by Gasteiger charge is 2.31. The summed E-state index contributed by atoms with van der Waals surface area (Å²) in [5.74, 6) is -0.251. The molecule has 1 aromatic carbocycles. The lowest BCUT2D eigenvalue weighted by Gasteiger charge is -2.12. The first-order chi connectivity index (χ1) is 7.90. The summed E-state index contributed by atoms with van der Waals surface area (Å²) in [4.78, 5) is 0. The van der Waals surface area contributed by atoms with Gasteiger partial charge in [-0.05, 0) is 30.5 Å². The second-order valence-electron chi connectivity index (χ2n) is 3.84. The first-order valence-electron chi connectivity index (χ1n) is 5.43. The molecule has 0 saturated carbocycles. The van der Waals surface area contributed by atoms with Crippen LogP contribution in [0.1, 0.15) is 25.3 Å². The van der Waals surface area contributed by atoms with Gasteiger partial charge in [0, 0.05) is 0 Å². The smallest absolute Gasteiger partial charge is 0.406 e. The van der Waals surface area contributed by atoms with E-state index in [4.69, 9.17) is 0 Å². The third-order valence-electron chi connectivity index (χ3n) is 2.23. The molecular weight excluding hydrogens is 233 g/mol. The summed E-state index contributed by atoms with van der Waals surface area (Å²) in [6.07, 6.45) is -3.41. The molecule has 0 spiro atoms. The predicted octanol–water partition coefficient (Wildman–Crippen LogP) is 3.29. The second-order valence-corrected chi connectivity index (χ2v) is 3.84. The molecule has 0 heterocycles. The van der Waals surface area contributed by atoms with Gasteiger partial charge in [-0.25, -0.2) is 0 Å². The van der Waals surface area contributed by atoms with Gasteiger partial charge in [0.2, 0.25) is 0 Å². The van der Waals surface area contributed by atoms with Gasteiger partial charge in [0.25, 0.3) is 0 Å². The molecule has 2 nitrogen and oxygen atoms in total. The summed E-state index contributed by atoms with van der Waals surface area (Å²) in [5.41, 5.74) is 0.632. The van der Waals surface area contributed by atoms with Crippen molar-refractivity contribution in [3.05, 3.63) is 29.8 Å². The summed E-state index contributed by atoms with van der Waals surface area (Å²) >= 11 is 0. The van der Waals surface area contributed by atoms with Gasteiger partial charge in [-0.1, -0.05) is 25.5 Å². The maximum Gasteiger partial charge on any atom is 0.573 e. The van der Waals surface area contributed by atoms with Gasteiger partial charge >= 0.3 is 6.36 Å². The average Bonchev–Trinajstić information content (AvgIpc) is 2.15. The van der Waals surface area contributed by atoms with E-state index in [1.54, 1.807) is 6.07 Å². The van der Waals surface area contributed by atoms with Crippen LogP contribution in [0.5, 0.6) is 5.75 Å². The maximum absolute atomic E-state index is 12.0. The van der Waals surface area contributed by atoms with Crippen molar-refractivity contribution < 1.29 is 23.0 Å². The van der Waals surface area contributed by atoms with Crippen LogP contribution >= 0.6 is 0 Å². The quantitative estimate of drug-likeness (QED) is 0.866. The molecule has 1 rings (SSSR count). The molecule has 1 atom stereocenters. The van der Waals surface area contributed by atoms with Crippen molar-refractivity contribution in [1.82, 2.24) is 0 Å². The number of rotatable bonds is 5. The van der Waals surface area contributed by atoms with Crippen LogP contribution in [-0.2, 0) is 6.42 Å². The highest BCUT2D eigenvalue weighted by atomic mass is 19.4. The number of benzene rings is 1. The zero-order chi connectivity index (χ0) is 12.9. The Morgan fingerprint density at radius 1 is 1.35 bits per heavy atom. The number of aliphatic hydroxyl groups is 1. The van der Waals surface area contributed by atoms with E-state index < -0.39 is 12.5 Å². The molecule has 5 heteroatoms. The minimum absolute atomic E-state index is 0.251. The Bertz CT molecular complexity index is 350. The Balaban J connectivity index is 2.66. The lowest BCUT2D eigenvalue weighted by atomic mass is 10.0. The van der Waals surface area contributed by atoms with E-state index in [-0.39, 0.29) is 5.75 Å². The van der Waals surface area contributed by atoms with Gasteiger partial charge in [-0.15, -0.1) is 13.2 Å². The van der Waals surface area contributed by atoms with Crippen LogP contribution in [0.2, 0.25) is 0 Å². The van der Waals surface area contributed by atoms with Gasteiger partial charge in [0.1, 0.15) is 5.75 Å². The highest BCUT2D eigenvalue weighted by Crippen LogP contribution is 2.23. The van der Waals surface area contributed by atoms with Crippen molar-refractivity contribution in [3.8, 4) is 5.75 Å². The highest BCUT2D eigenvalue weighted by molar-refractivity contribution is 5.29. The lowest BCUT2D eigenvalue weighted by molar-refractivity contribution is -0.274. The van der Waals surface area contributed by atoms with Crippen molar-refractivity contribution in [2.24, 2.45) is 0 Å². The van der Waals surface area contributed by atoms with Crippen molar-refractivity contribution >= 4 is 0 Å². The van der Waals surface area contributed by atoms with Crippen LogP contribution in [-0.4, -0.2) is 17.6 Å². The number of halogens is 3. The molecule has 0 bridgehead atoms. The van der Waals surface area contributed by atoms with Gasteiger partial charge < -0.3 is 9.84 Å². The molecule has 0 aliphatic heterocycles. The topological polar surface area (TPSA) is 29.5 Å². The number of hydrogen-bond donors (Lipinski definition) is 1. The molecule has 1 N–H and O–H groups in total. The first-order valence-corrected chi connectivity index (χ1v) is 5.43. The minimum atomic E-state index is -4.68. The monoisotopic (exact) mass is 248 g/mol. The fourth-order valence-electron chi connectivity index (χ4n) is 1.58. The molecule has 17 heavy (non-hydrogen) atoms. The molecule has 0 aliphatic rings. The molecule has 0 unspecified atom stereocenters. The van der Waals surface area contributed by atoms with Crippen LogP contribution in [0.25, 0.3) is 0 Å². The van der Waals surface area contributed by atoms with E-state index >= 15 is 0 Å². The summed E-state index contributed by atoms with van der Waals surface area (Å²) in [7, 11) is 0. The van der Waals surface area contributed by atoms with Gasteiger partial charge in [0.05, 0.1) is 6.10 Å². The molecule has 0 amide bonds. The van der Waals surface area contributed by atoms with Crippen LogP contribution in [0, 0.1) is 0 Å². The van der Waals surface area contributed by atoms with Gasteiger partial charge in [0.15, 0.2) is 0 Å². The van der Waals surface area contributed by atoms with Gasteiger partial charge in [-0.2, -0.15) is 0 Å². The van der Waals surface area contributed by atoms with E-state index in [0.29, 0.717) is 18.4 Å². The Hall–Kier alpha value is -1.23. The minimum Gasteiger partial charge on any atom is -0.406 e. The normalized spacial score (nSPS) is 13.5. The van der Waals surface area contributed by atoms with Crippen molar-refractivity contribution in [2.45, 2.75) is 38.7 Å². The lowest BCUT2D eigenvalue weighted by Crippen LogP contribution is -2.17. The van der Waals surface area contributed by atoms with E-state index in [0.717, 1.165) is 6.42 Å². The first kappa shape index (κ1) is 13.8. The molecule has 0 saturated heterocycles.